The highest BCUT2D eigenvalue weighted by molar-refractivity contribution is 5.79. The maximum atomic E-state index is 13.2. The van der Waals surface area contributed by atoms with Crippen LogP contribution in [-0.4, -0.2) is 44.4 Å². The van der Waals surface area contributed by atoms with E-state index in [0.29, 0.717) is 18.1 Å². The highest BCUT2D eigenvalue weighted by Crippen LogP contribution is 2.41. The van der Waals surface area contributed by atoms with Gasteiger partial charge in [0.2, 0.25) is 0 Å². The van der Waals surface area contributed by atoms with Crippen molar-refractivity contribution in [2.75, 3.05) is 11.2 Å². The molecule has 2 aromatic carbocycles. The molecular weight excluding hydrogens is 413 g/mol. The molecule has 0 saturated carbocycles. The lowest BCUT2D eigenvalue weighted by Crippen LogP contribution is -2.31. The number of aliphatic hydroxyl groups is 2. The van der Waals surface area contributed by atoms with Gasteiger partial charge in [-0.2, -0.15) is 0 Å². The van der Waals surface area contributed by atoms with Gasteiger partial charge in [0, 0.05) is 23.0 Å². The van der Waals surface area contributed by atoms with Gasteiger partial charge < -0.3 is 25.3 Å². The van der Waals surface area contributed by atoms with Crippen molar-refractivity contribution in [1.82, 2.24) is 9.58 Å². The molecule has 166 valence electrons. The summed E-state index contributed by atoms with van der Waals surface area (Å²) in [6.45, 7) is 2.18. The predicted octanol–water partition coefficient (Wildman–Crippen LogP) is 3.02. The number of aliphatic imine (C=N–C) groups is 1. The van der Waals surface area contributed by atoms with E-state index in [1.54, 1.807) is 35.0 Å². The van der Waals surface area contributed by atoms with Gasteiger partial charge in [0.15, 0.2) is 6.23 Å². The summed E-state index contributed by atoms with van der Waals surface area (Å²) in [7, 11) is 0. The number of hydrazine groups is 1. The highest BCUT2D eigenvalue weighted by atomic mass is 19.1. The van der Waals surface area contributed by atoms with Crippen LogP contribution in [0, 0.1) is 5.82 Å². The van der Waals surface area contributed by atoms with Gasteiger partial charge >= 0.3 is 0 Å². The SMILES string of the molecule is C[C@H]1O[C@@H](n2cc(-c3cccc(N)c3)c3c2N=CN(Nc2ccc(F)cc2)C3)[C@H](O)[C@@H]1O. The van der Waals surface area contributed by atoms with Gasteiger partial charge in [-0.1, -0.05) is 12.1 Å². The first-order chi connectivity index (χ1) is 15.4. The van der Waals surface area contributed by atoms with Crippen LogP contribution in [0.15, 0.2) is 59.7 Å². The highest BCUT2D eigenvalue weighted by Gasteiger charge is 2.42. The van der Waals surface area contributed by atoms with Crippen LogP contribution in [0.1, 0.15) is 18.7 Å². The molecule has 2 aliphatic heterocycles. The monoisotopic (exact) mass is 437 g/mol. The van der Waals surface area contributed by atoms with E-state index in [1.807, 2.05) is 30.5 Å². The Labute approximate surface area is 184 Å². The molecule has 9 heteroatoms. The minimum absolute atomic E-state index is 0.308. The quantitative estimate of drug-likeness (QED) is 0.468. The van der Waals surface area contributed by atoms with Crippen LogP contribution >= 0.6 is 0 Å². The number of halogens is 1. The first-order valence-corrected chi connectivity index (χ1v) is 10.3. The zero-order valence-electron chi connectivity index (χ0n) is 17.4. The van der Waals surface area contributed by atoms with Crippen LogP contribution in [0.4, 0.5) is 21.6 Å². The number of fused-ring (bicyclic) bond motifs is 1. The summed E-state index contributed by atoms with van der Waals surface area (Å²) in [5.74, 6) is 0.322. The van der Waals surface area contributed by atoms with Crippen molar-refractivity contribution >= 4 is 23.5 Å². The Morgan fingerprint density at radius 2 is 1.94 bits per heavy atom. The first-order valence-electron chi connectivity index (χ1n) is 10.3. The molecule has 0 aliphatic carbocycles. The van der Waals surface area contributed by atoms with Gasteiger partial charge in [0.1, 0.15) is 30.2 Å². The number of nitrogens with zero attached hydrogens (tertiary/aromatic N) is 3. The zero-order chi connectivity index (χ0) is 22.4. The second-order valence-electron chi connectivity index (χ2n) is 8.08. The van der Waals surface area contributed by atoms with Crippen molar-refractivity contribution in [2.24, 2.45) is 4.99 Å². The Morgan fingerprint density at radius 1 is 1.16 bits per heavy atom. The molecule has 0 spiro atoms. The van der Waals surface area contributed by atoms with Crippen molar-refractivity contribution in [2.45, 2.75) is 38.0 Å². The third-order valence-corrected chi connectivity index (χ3v) is 5.82. The summed E-state index contributed by atoms with van der Waals surface area (Å²) in [5.41, 5.74) is 13.3. The number of aliphatic hydroxyl groups excluding tert-OH is 2. The minimum atomic E-state index is -1.08. The molecule has 3 aromatic rings. The van der Waals surface area contributed by atoms with Gasteiger partial charge in [-0.05, 0) is 48.9 Å². The fourth-order valence-corrected chi connectivity index (χ4v) is 4.16. The average molecular weight is 437 g/mol. The molecule has 3 heterocycles. The number of benzene rings is 2. The lowest BCUT2D eigenvalue weighted by atomic mass is 10.0. The van der Waals surface area contributed by atoms with Crippen LogP contribution in [0.3, 0.4) is 0 Å². The number of nitrogens with two attached hydrogens (primary N) is 1. The normalized spacial score (nSPS) is 24.6. The number of rotatable bonds is 4. The van der Waals surface area contributed by atoms with E-state index in [2.05, 4.69) is 10.4 Å². The van der Waals surface area contributed by atoms with Gasteiger partial charge in [-0.25, -0.2) is 9.38 Å². The second-order valence-corrected chi connectivity index (χ2v) is 8.08. The second kappa shape index (κ2) is 7.94. The molecule has 8 nitrogen and oxygen atoms in total. The molecule has 0 amide bonds. The fourth-order valence-electron chi connectivity index (χ4n) is 4.16. The summed E-state index contributed by atoms with van der Waals surface area (Å²) in [6.07, 6.45) is 0.160. The molecule has 5 rings (SSSR count). The first kappa shape index (κ1) is 20.5. The van der Waals surface area contributed by atoms with Crippen molar-refractivity contribution in [1.29, 1.82) is 0 Å². The van der Waals surface area contributed by atoms with Crippen LogP contribution in [-0.2, 0) is 11.3 Å². The minimum Gasteiger partial charge on any atom is -0.399 e. The Morgan fingerprint density at radius 3 is 2.62 bits per heavy atom. The van der Waals surface area contributed by atoms with Crippen LogP contribution in [0.5, 0.6) is 0 Å². The third-order valence-electron chi connectivity index (χ3n) is 5.82. The molecule has 5 N–H and O–H groups in total. The summed E-state index contributed by atoms with van der Waals surface area (Å²) >= 11 is 0. The molecule has 2 aliphatic rings. The van der Waals surface area contributed by atoms with Crippen molar-refractivity contribution in [3.8, 4) is 11.1 Å². The summed E-state index contributed by atoms with van der Waals surface area (Å²) < 4.78 is 20.8. The number of aromatic nitrogens is 1. The molecule has 0 radical (unpaired) electrons. The number of anilines is 2. The molecule has 1 fully saturated rings. The van der Waals surface area contributed by atoms with E-state index in [-0.39, 0.29) is 5.82 Å². The smallest absolute Gasteiger partial charge is 0.164 e. The van der Waals surface area contributed by atoms with E-state index >= 15 is 0 Å². The van der Waals surface area contributed by atoms with Gasteiger partial charge in [-0.15, -0.1) is 0 Å². The lowest BCUT2D eigenvalue weighted by molar-refractivity contribution is -0.0308. The molecule has 32 heavy (non-hydrogen) atoms. The molecule has 0 bridgehead atoms. The van der Waals surface area contributed by atoms with Crippen LogP contribution < -0.4 is 11.2 Å². The third kappa shape index (κ3) is 3.60. The van der Waals surface area contributed by atoms with E-state index in [9.17, 15) is 14.6 Å². The van der Waals surface area contributed by atoms with Gasteiger partial charge in [0.25, 0.3) is 0 Å². The molecular formula is C23H24FN5O3. The fraction of sp³-hybridized carbons (Fsp3) is 0.261. The predicted molar refractivity (Wildman–Crippen MR) is 120 cm³/mol. The number of hydrogen-bond donors (Lipinski definition) is 4. The maximum absolute atomic E-state index is 13.2. The molecule has 0 unspecified atom stereocenters. The maximum Gasteiger partial charge on any atom is 0.164 e. The van der Waals surface area contributed by atoms with Crippen molar-refractivity contribution in [3.05, 3.63) is 66.1 Å². The standard InChI is InChI=1S/C23H24FN5O3/c1-13-20(30)21(31)23(32-13)29-11-18(14-3-2-4-16(25)9-14)19-10-28(12-26-22(19)29)27-17-7-5-15(24)6-8-17/h2-9,11-13,20-21,23,27,30-31H,10,25H2,1H3/t13-,20-,21-,23-/m1/s1. The van der Waals surface area contributed by atoms with Gasteiger partial charge in [-0.3, -0.25) is 10.4 Å². The Bertz CT molecular complexity index is 1160. The average Bonchev–Trinajstić information content (AvgIpc) is 3.27. The van der Waals surface area contributed by atoms with Gasteiger partial charge in [0.05, 0.1) is 18.3 Å². The molecule has 4 atom stereocenters. The molecule has 1 aromatic heterocycles. The van der Waals surface area contributed by atoms with E-state index in [1.165, 1.54) is 12.1 Å². The van der Waals surface area contributed by atoms with Crippen LogP contribution in [0.25, 0.3) is 11.1 Å². The number of nitrogens with one attached hydrogen (secondary N) is 1. The zero-order valence-corrected chi connectivity index (χ0v) is 17.4. The van der Waals surface area contributed by atoms with Crippen molar-refractivity contribution in [3.63, 3.8) is 0 Å². The number of hydrogen-bond acceptors (Lipinski definition) is 7. The van der Waals surface area contributed by atoms with E-state index in [0.717, 1.165) is 22.4 Å². The largest absolute Gasteiger partial charge is 0.399 e. The summed E-state index contributed by atoms with van der Waals surface area (Å²) in [5, 5.41) is 22.5. The Hall–Kier alpha value is -3.40. The summed E-state index contributed by atoms with van der Waals surface area (Å²) in [4.78, 5) is 4.61. The van der Waals surface area contributed by atoms with Crippen LogP contribution in [0.2, 0.25) is 0 Å². The Kier molecular flexibility index (Phi) is 5.09. The topological polar surface area (TPSA) is 108 Å². The number of ether oxygens (including phenoxy) is 1. The van der Waals surface area contributed by atoms with E-state index in [4.69, 9.17) is 10.5 Å². The number of nitrogen functional groups attached to an aromatic ring is 1. The Balaban J connectivity index is 1.53. The molecule has 1 saturated heterocycles. The van der Waals surface area contributed by atoms with E-state index < -0.39 is 24.5 Å². The lowest BCUT2D eigenvalue weighted by Gasteiger charge is -2.26. The summed E-state index contributed by atoms with van der Waals surface area (Å²) in [6, 6.07) is 13.6. The van der Waals surface area contributed by atoms with Crippen molar-refractivity contribution < 1.29 is 19.3 Å².